The summed E-state index contributed by atoms with van der Waals surface area (Å²) in [7, 11) is 0. The maximum atomic E-state index is 13.3. The number of rotatable bonds is 5. The Bertz CT molecular complexity index is 970. The van der Waals surface area contributed by atoms with Crippen LogP contribution in [-0.2, 0) is 6.61 Å². The summed E-state index contributed by atoms with van der Waals surface area (Å²) in [6.07, 6.45) is 0. The molecule has 29 heavy (non-hydrogen) atoms. The smallest absolute Gasteiger partial charge is 0.258 e. The zero-order valence-corrected chi connectivity index (χ0v) is 16.9. The molecule has 1 aliphatic heterocycles. The minimum atomic E-state index is 0.0228. The Morgan fingerprint density at radius 2 is 1.59 bits per heavy atom. The van der Waals surface area contributed by atoms with Crippen LogP contribution in [0.3, 0.4) is 0 Å². The van der Waals surface area contributed by atoms with E-state index in [4.69, 9.17) is 4.74 Å². The molecular weight excluding hydrogens is 360 g/mol. The second-order valence-corrected chi connectivity index (χ2v) is 7.34. The molecule has 1 unspecified atom stereocenters. The van der Waals surface area contributed by atoms with Gasteiger partial charge in [-0.3, -0.25) is 4.79 Å². The van der Waals surface area contributed by atoms with Crippen LogP contribution < -0.4 is 14.5 Å². The summed E-state index contributed by atoms with van der Waals surface area (Å²) in [5.41, 5.74) is 3.88. The van der Waals surface area contributed by atoms with E-state index >= 15 is 0 Å². The highest BCUT2D eigenvalue weighted by Gasteiger charge is 2.30. The summed E-state index contributed by atoms with van der Waals surface area (Å²) in [4.78, 5) is 17.5. The van der Waals surface area contributed by atoms with Crippen molar-refractivity contribution < 1.29 is 9.53 Å². The van der Waals surface area contributed by atoms with E-state index in [9.17, 15) is 4.79 Å². The van der Waals surface area contributed by atoms with Gasteiger partial charge < -0.3 is 14.5 Å². The lowest BCUT2D eigenvalue weighted by Crippen LogP contribution is -2.49. The summed E-state index contributed by atoms with van der Waals surface area (Å²) in [6.45, 7) is 6.43. The number of hydrogen-bond acceptors (Lipinski definition) is 3. The lowest BCUT2D eigenvalue weighted by molar-refractivity contribution is 0.0984. The first-order chi connectivity index (χ1) is 14.2. The molecule has 3 aromatic rings. The number of ether oxygens (including phenoxy) is 1. The van der Waals surface area contributed by atoms with Gasteiger partial charge >= 0.3 is 0 Å². The zero-order chi connectivity index (χ0) is 20.2. The van der Waals surface area contributed by atoms with Crippen molar-refractivity contribution >= 4 is 17.3 Å². The number of hydrogen-bond donors (Lipinski definition) is 0. The van der Waals surface area contributed by atoms with Gasteiger partial charge in [0, 0.05) is 24.7 Å². The predicted octanol–water partition coefficient (Wildman–Crippen LogP) is 5.14. The predicted molar refractivity (Wildman–Crippen MR) is 118 cm³/mol. The SMILES string of the molecule is CCN1c2ccccc2N(C(=O)c2ccc(OCc3ccccc3)cc2)CC1C. The highest BCUT2D eigenvalue weighted by atomic mass is 16.5. The maximum absolute atomic E-state index is 13.3. The lowest BCUT2D eigenvalue weighted by Gasteiger charge is -2.42. The fraction of sp³-hybridized carbons (Fsp3) is 0.240. The van der Waals surface area contributed by atoms with Gasteiger partial charge in [-0.15, -0.1) is 0 Å². The van der Waals surface area contributed by atoms with E-state index in [1.165, 1.54) is 0 Å². The summed E-state index contributed by atoms with van der Waals surface area (Å²) in [5.74, 6) is 0.782. The number of nitrogens with zero attached hydrogens (tertiary/aromatic N) is 2. The molecule has 1 heterocycles. The van der Waals surface area contributed by atoms with Crippen LogP contribution in [0.15, 0.2) is 78.9 Å². The Labute approximate surface area is 172 Å². The third kappa shape index (κ3) is 3.97. The fourth-order valence-corrected chi connectivity index (χ4v) is 3.90. The molecule has 0 saturated carbocycles. The van der Waals surface area contributed by atoms with Crippen molar-refractivity contribution in [2.24, 2.45) is 0 Å². The summed E-state index contributed by atoms with van der Waals surface area (Å²) < 4.78 is 5.84. The fourth-order valence-electron chi connectivity index (χ4n) is 3.90. The van der Waals surface area contributed by atoms with Crippen molar-refractivity contribution in [3.8, 4) is 5.75 Å². The number of carbonyl (C=O) groups excluding carboxylic acids is 1. The topological polar surface area (TPSA) is 32.8 Å². The number of benzene rings is 3. The number of fused-ring (bicyclic) bond motifs is 1. The van der Waals surface area contributed by atoms with E-state index in [1.54, 1.807) is 0 Å². The molecule has 148 valence electrons. The molecule has 4 heteroatoms. The van der Waals surface area contributed by atoms with Crippen LogP contribution in [-0.4, -0.2) is 25.0 Å². The van der Waals surface area contributed by atoms with Crippen LogP contribution in [0, 0.1) is 0 Å². The van der Waals surface area contributed by atoms with Crippen LogP contribution in [0.1, 0.15) is 29.8 Å². The van der Waals surface area contributed by atoms with E-state index in [2.05, 4.69) is 24.8 Å². The molecule has 1 aliphatic rings. The molecule has 4 rings (SSSR count). The Balaban J connectivity index is 1.51. The van der Waals surface area contributed by atoms with Crippen LogP contribution in [0.4, 0.5) is 11.4 Å². The molecule has 0 radical (unpaired) electrons. The number of amides is 1. The number of likely N-dealkylation sites (N-methyl/N-ethyl adjacent to an activating group) is 1. The van der Waals surface area contributed by atoms with E-state index < -0.39 is 0 Å². The first kappa shape index (κ1) is 19.1. The average molecular weight is 386 g/mol. The Kier molecular flexibility index (Phi) is 5.52. The van der Waals surface area contributed by atoms with E-state index in [-0.39, 0.29) is 11.9 Å². The van der Waals surface area contributed by atoms with Crippen molar-refractivity contribution in [2.75, 3.05) is 22.9 Å². The van der Waals surface area contributed by atoms with E-state index in [0.29, 0.717) is 18.7 Å². The number of carbonyl (C=O) groups is 1. The molecule has 1 atom stereocenters. The van der Waals surface area contributed by atoms with Crippen LogP contribution in [0.2, 0.25) is 0 Å². The minimum absolute atomic E-state index is 0.0228. The first-order valence-corrected chi connectivity index (χ1v) is 10.1. The van der Waals surface area contributed by atoms with Crippen molar-refractivity contribution in [3.63, 3.8) is 0 Å². The second kappa shape index (κ2) is 8.39. The number of para-hydroxylation sites is 2. The molecule has 0 aliphatic carbocycles. The largest absolute Gasteiger partial charge is 0.489 e. The molecule has 4 nitrogen and oxygen atoms in total. The van der Waals surface area contributed by atoms with Gasteiger partial charge in [0.25, 0.3) is 5.91 Å². The van der Waals surface area contributed by atoms with Crippen LogP contribution >= 0.6 is 0 Å². The first-order valence-electron chi connectivity index (χ1n) is 10.1. The Morgan fingerprint density at radius 1 is 0.931 bits per heavy atom. The Hall–Kier alpha value is -3.27. The molecule has 0 spiro atoms. The Morgan fingerprint density at radius 3 is 2.28 bits per heavy atom. The van der Waals surface area contributed by atoms with Gasteiger partial charge in [-0.1, -0.05) is 42.5 Å². The molecule has 0 N–H and O–H groups in total. The monoisotopic (exact) mass is 386 g/mol. The molecule has 0 bridgehead atoms. The van der Waals surface area contributed by atoms with Gasteiger partial charge in [-0.2, -0.15) is 0 Å². The number of anilines is 2. The van der Waals surface area contributed by atoms with Gasteiger partial charge in [0.2, 0.25) is 0 Å². The highest BCUT2D eigenvalue weighted by Crippen LogP contribution is 2.36. The lowest BCUT2D eigenvalue weighted by atomic mass is 10.1. The van der Waals surface area contributed by atoms with Gasteiger partial charge in [0.1, 0.15) is 12.4 Å². The molecule has 0 aromatic heterocycles. The zero-order valence-electron chi connectivity index (χ0n) is 16.9. The summed E-state index contributed by atoms with van der Waals surface area (Å²) >= 11 is 0. The van der Waals surface area contributed by atoms with Gasteiger partial charge in [-0.25, -0.2) is 0 Å². The highest BCUT2D eigenvalue weighted by molar-refractivity contribution is 6.08. The van der Waals surface area contributed by atoms with Crippen LogP contribution in [0.5, 0.6) is 5.75 Å². The molecule has 3 aromatic carbocycles. The van der Waals surface area contributed by atoms with Crippen LogP contribution in [0.25, 0.3) is 0 Å². The third-order valence-electron chi connectivity index (χ3n) is 5.40. The van der Waals surface area contributed by atoms with Crippen molar-refractivity contribution in [3.05, 3.63) is 90.0 Å². The van der Waals surface area contributed by atoms with Crippen molar-refractivity contribution in [1.29, 1.82) is 0 Å². The van der Waals surface area contributed by atoms with Gasteiger partial charge in [0.05, 0.1) is 11.4 Å². The average Bonchev–Trinajstić information content (AvgIpc) is 2.78. The maximum Gasteiger partial charge on any atom is 0.258 e. The second-order valence-electron chi connectivity index (χ2n) is 7.34. The molecular formula is C25H26N2O2. The summed E-state index contributed by atoms with van der Waals surface area (Å²) in [5, 5.41) is 0. The minimum Gasteiger partial charge on any atom is -0.489 e. The van der Waals surface area contributed by atoms with Crippen molar-refractivity contribution in [1.82, 2.24) is 0 Å². The summed E-state index contributed by atoms with van der Waals surface area (Å²) in [6, 6.07) is 25.9. The van der Waals surface area contributed by atoms with Gasteiger partial charge in [-0.05, 0) is 55.8 Å². The molecule has 0 fully saturated rings. The van der Waals surface area contributed by atoms with E-state index in [1.807, 2.05) is 77.7 Å². The van der Waals surface area contributed by atoms with Crippen molar-refractivity contribution in [2.45, 2.75) is 26.5 Å². The molecule has 1 amide bonds. The van der Waals surface area contributed by atoms with Gasteiger partial charge in [0.15, 0.2) is 0 Å². The normalized spacial score (nSPS) is 15.7. The quantitative estimate of drug-likeness (QED) is 0.609. The standard InChI is InChI=1S/C25H26N2O2/c1-3-26-19(2)17-27(24-12-8-7-11-23(24)26)25(28)21-13-15-22(16-14-21)29-18-20-9-5-4-6-10-20/h4-16,19H,3,17-18H2,1-2H3. The third-order valence-corrected chi connectivity index (χ3v) is 5.40. The molecule has 0 saturated heterocycles. The van der Waals surface area contributed by atoms with E-state index in [0.717, 1.165) is 29.2 Å².